The fourth-order valence-corrected chi connectivity index (χ4v) is 7.63. The van der Waals surface area contributed by atoms with Crippen LogP contribution < -0.4 is 15.0 Å². The highest BCUT2D eigenvalue weighted by Crippen LogP contribution is 2.34. The maximum Gasteiger partial charge on any atom is 0.251 e. The van der Waals surface area contributed by atoms with E-state index in [-0.39, 0.29) is 5.91 Å². The molecule has 0 radical (unpaired) electrons. The second-order valence-electron chi connectivity index (χ2n) is 14.0. The van der Waals surface area contributed by atoms with E-state index in [1.54, 1.807) is 23.5 Å². The lowest BCUT2D eigenvalue weighted by Gasteiger charge is -2.27. The molecule has 278 valence electrons. The summed E-state index contributed by atoms with van der Waals surface area (Å²) in [4.78, 5) is 17.3. The largest absolute Gasteiger partial charge is 0.491 e. The van der Waals surface area contributed by atoms with Gasteiger partial charge in [-0.05, 0) is 102 Å². The molecule has 0 saturated heterocycles. The Kier molecular flexibility index (Phi) is 15.1. The van der Waals surface area contributed by atoms with E-state index in [9.17, 15) is 4.79 Å². The molecule has 0 saturated carbocycles. The van der Waals surface area contributed by atoms with Crippen molar-refractivity contribution in [2.45, 2.75) is 83.2 Å². The van der Waals surface area contributed by atoms with E-state index in [4.69, 9.17) is 9.47 Å². The molecule has 10 heteroatoms. The molecule has 0 fully saturated rings. The number of hydrogen-bond donors (Lipinski definition) is 1. The van der Waals surface area contributed by atoms with Gasteiger partial charge in [-0.2, -0.15) is 0 Å². The lowest BCUT2D eigenvalue weighted by Crippen LogP contribution is -2.29. The standard InChI is InChI=1S/C42H55N5O3S2/c1-7-9-22-49-23-24-50-37-15-10-32(11-16-37)33-12-19-39-35(25-33)26-34(20-21-46(39)27-30(3)4)41(48)43-36-13-17-38(18-14-36)52-29-40-44-45-42(51-8-2)47(40)28-31(5)6/h10-19,25-26,30-31H,7-9,20-24,27-29H2,1-6H3,(H,43,48). The van der Waals surface area contributed by atoms with Gasteiger partial charge < -0.3 is 24.3 Å². The molecule has 3 aromatic carbocycles. The quantitative estimate of drug-likeness (QED) is 0.0752. The van der Waals surface area contributed by atoms with Crippen LogP contribution in [0.4, 0.5) is 11.4 Å². The number of benzene rings is 3. The van der Waals surface area contributed by atoms with Crippen molar-refractivity contribution in [1.82, 2.24) is 14.8 Å². The van der Waals surface area contributed by atoms with E-state index >= 15 is 0 Å². The van der Waals surface area contributed by atoms with Gasteiger partial charge in [-0.25, -0.2) is 0 Å². The van der Waals surface area contributed by atoms with Crippen LogP contribution in [0.5, 0.6) is 5.75 Å². The summed E-state index contributed by atoms with van der Waals surface area (Å²) in [5, 5.41) is 13.1. The smallest absolute Gasteiger partial charge is 0.251 e. The van der Waals surface area contributed by atoms with Crippen molar-refractivity contribution in [3.8, 4) is 16.9 Å². The number of fused-ring (bicyclic) bond motifs is 1. The van der Waals surface area contributed by atoms with Crippen molar-refractivity contribution in [3.63, 3.8) is 0 Å². The van der Waals surface area contributed by atoms with Crippen LogP contribution in [-0.2, 0) is 21.8 Å². The lowest BCUT2D eigenvalue weighted by molar-refractivity contribution is -0.112. The molecule has 0 bridgehead atoms. The Labute approximate surface area is 319 Å². The fraction of sp³-hybridized carbons (Fsp3) is 0.452. The minimum absolute atomic E-state index is 0.0638. The fourth-order valence-electron chi connectivity index (χ4n) is 6.10. The average molecular weight is 742 g/mol. The first kappa shape index (κ1) is 39.5. The summed E-state index contributed by atoms with van der Waals surface area (Å²) in [6.45, 7) is 17.7. The highest BCUT2D eigenvalue weighted by atomic mass is 32.2. The Morgan fingerprint density at radius 2 is 1.62 bits per heavy atom. The van der Waals surface area contributed by atoms with Gasteiger partial charge in [-0.1, -0.05) is 77.9 Å². The topological polar surface area (TPSA) is 81.5 Å². The van der Waals surface area contributed by atoms with Crippen molar-refractivity contribution in [1.29, 1.82) is 0 Å². The molecule has 0 spiro atoms. The van der Waals surface area contributed by atoms with E-state index in [1.807, 2.05) is 24.3 Å². The van der Waals surface area contributed by atoms with Crippen LogP contribution in [0.25, 0.3) is 17.2 Å². The van der Waals surface area contributed by atoms with Crippen molar-refractivity contribution < 1.29 is 14.3 Å². The zero-order valence-corrected chi connectivity index (χ0v) is 33.3. The number of nitrogens with one attached hydrogen (secondary N) is 1. The molecular weight excluding hydrogens is 687 g/mol. The molecule has 2 heterocycles. The van der Waals surface area contributed by atoms with Crippen LogP contribution in [0.2, 0.25) is 0 Å². The highest BCUT2D eigenvalue weighted by Gasteiger charge is 2.21. The van der Waals surface area contributed by atoms with Gasteiger partial charge in [0.25, 0.3) is 5.91 Å². The van der Waals surface area contributed by atoms with Crippen LogP contribution in [-0.4, -0.2) is 59.3 Å². The van der Waals surface area contributed by atoms with Crippen molar-refractivity contribution >= 4 is 46.9 Å². The predicted octanol–water partition coefficient (Wildman–Crippen LogP) is 10.1. The van der Waals surface area contributed by atoms with Gasteiger partial charge in [0.05, 0.1) is 12.4 Å². The summed E-state index contributed by atoms with van der Waals surface area (Å²) in [5.41, 5.74) is 5.99. The van der Waals surface area contributed by atoms with E-state index in [0.717, 1.165) is 106 Å². The summed E-state index contributed by atoms with van der Waals surface area (Å²) in [7, 11) is 0. The van der Waals surface area contributed by atoms with Crippen LogP contribution in [0.1, 0.15) is 72.2 Å². The normalized spacial score (nSPS) is 12.9. The Morgan fingerprint density at radius 1 is 0.865 bits per heavy atom. The van der Waals surface area contributed by atoms with Gasteiger partial charge in [-0.15, -0.1) is 22.0 Å². The van der Waals surface area contributed by atoms with E-state index in [2.05, 4.69) is 115 Å². The first-order valence-electron chi connectivity index (χ1n) is 18.7. The van der Waals surface area contributed by atoms with Crippen LogP contribution in [0, 0.1) is 11.8 Å². The third-order valence-corrected chi connectivity index (χ3v) is 10.5. The van der Waals surface area contributed by atoms with Gasteiger partial charge in [-0.3, -0.25) is 4.79 Å². The van der Waals surface area contributed by atoms with E-state index < -0.39 is 0 Å². The first-order chi connectivity index (χ1) is 25.2. The minimum Gasteiger partial charge on any atom is -0.491 e. The number of thioether (sulfide) groups is 2. The monoisotopic (exact) mass is 741 g/mol. The molecule has 0 atom stereocenters. The minimum atomic E-state index is -0.0638. The number of nitrogens with zero attached hydrogens (tertiary/aromatic N) is 4. The molecular formula is C42H55N5O3S2. The molecule has 4 aromatic rings. The Bertz CT molecular complexity index is 1750. The first-order valence-corrected chi connectivity index (χ1v) is 20.7. The number of hydrogen-bond acceptors (Lipinski definition) is 8. The molecule has 1 amide bonds. The number of aromatic nitrogens is 3. The maximum absolute atomic E-state index is 13.7. The molecule has 0 unspecified atom stereocenters. The summed E-state index contributed by atoms with van der Waals surface area (Å²) >= 11 is 3.47. The number of anilines is 2. The van der Waals surface area contributed by atoms with Crippen molar-refractivity contribution in [3.05, 3.63) is 83.7 Å². The zero-order valence-electron chi connectivity index (χ0n) is 31.7. The summed E-state index contributed by atoms with van der Waals surface area (Å²) in [6.07, 6.45) is 4.95. The number of amides is 1. The molecule has 5 rings (SSSR count). The maximum atomic E-state index is 13.7. The SMILES string of the molecule is CCCCOCCOc1ccc(-c2ccc3c(c2)C=C(C(=O)Nc2ccc(SCc4nnc(SCC)n4CC(C)C)cc2)CCN3CC(C)C)cc1. The van der Waals surface area contributed by atoms with Gasteiger partial charge >= 0.3 is 0 Å². The third-order valence-electron chi connectivity index (χ3n) is 8.65. The van der Waals surface area contributed by atoms with Crippen LogP contribution in [0.3, 0.4) is 0 Å². The molecule has 0 aliphatic carbocycles. The van der Waals surface area contributed by atoms with Gasteiger partial charge in [0.15, 0.2) is 5.16 Å². The predicted molar refractivity (Wildman–Crippen MR) is 219 cm³/mol. The van der Waals surface area contributed by atoms with E-state index in [0.29, 0.717) is 31.5 Å². The molecule has 8 nitrogen and oxygen atoms in total. The lowest BCUT2D eigenvalue weighted by atomic mass is 10.00. The summed E-state index contributed by atoms with van der Waals surface area (Å²) < 4.78 is 13.8. The second kappa shape index (κ2) is 19.9. The average Bonchev–Trinajstić information content (AvgIpc) is 3.40. The molecule has 1 aliphatic heterocycles. The number of ether oxygens (including phenoxy) is 2. The van der Waals surface area contributed by atoms with Gasteiger partial charge in [0.1, 0.15) is 18.2 Å². The van der Waals surface area contributed by atoms with Crippen molar-refractivity contribution in [2.75, 3.05) is 48.9 Å². The summed E-state index contributed by atoms with van der Waals surface area (Å²) in [5.74, 6) is 4.48. The van der Waals surface area contributed by atoms with E-state index in [1.165, 1.54) is 0 Å². The Morgan fingerprint density at radius 3 is 2.33 bits per heavy atom. The Hall–Kier alpha value is -3.73. The van der Waals surface area contributed by atoms with Crippen molar-refractivity contribution in [2.24, 2.45) is 11.8 Å². The van der Waals surface area contributed by atoms with Crippen LogP contribution in [0.15, 0.2) is 82.4 Å². The van der Waals surface area contributed by atoms with Crippen LogP contribution >= 0.6 is 23.5 Å². The zero-order chi connectivity index (χ0) is 36.9. The molecule has 1 aliphatic rings. The molecule has 1 N–H and O–H groups in total. The number of rotatable bonds is 19. The Balaban J connectivity index is 1.25. The molecule has 1 aromatic heterocycles. The second-order valence-corrected chi connectivity index (χ2v) is 16.3. The number of carbonyl (C=O) groups is 1. The van der Waals surface area contributed by atoms with Gasteiger partial charge in [0.2, 0.25) is 0 Å². The molecule has 52 heavy (non-hydrogen) atoms. The number of carbonyl (C=O) groups excluding carboxylic acids is 1. The summed E-state index contributed by atoms with van der Waals surface area (Å²) in [6, 6.07) is 22.9. The van der Waals surface area contributed by atoms with Gasteiger partial charge in [0, 0.05) is 48.1 Å². The number of unbranched alkanes of at least 4 members (excludes halogenated alkanes) is 1. The third kappa shape index (κ3) is 11.4. The highest BCUT2D eigenvalue weighted by molar-refractivity contribution is 7.99.